The third-order valence-electron chi connectivity index (χ3n) is 5.74. The molecular formula is C24H28F3NO4. The smallest absolute Gasteiger partial charge is 0.416 e. The Hall–Kier alpha value is -2.90. The predicted molar refractivity (Wildman–Crippen MR) is 114 cm³/mol. The number of hydrogen-bond acceptors (Lipinski definition) is 4. The van der Waals surface area contributed by atoms with Gasteiger partial charge in [0, 0.05) is 12.5 Å². The van der Waals surface area contributed by atoms with Gasteiger partial charge in [-0.2, -0.15) is 13.2 Å². The highest BCUT2D eigenvalue weighted by Crippen LogP contribution is 2.41. The Morgan fingerprint density at radius 2 is 1.75 bits per heavy atom. The lowest BCUT2D eigenvalue weighted by molar-refractivity contribution is -0.137. The molecule has 3 rings (SSSR count). The lowest BCUT2D eigenvalue weighted by Gasteiger charge is -2.30. The van der Waals surface area contributed by atoms with Gasteiger partial charge < -0.3 is 19.1 Å². The Kier molecular flexibility index (Phi) is 7.21. The Morgan fingerprint density at radius 1 is 1.06 bits per heavy atom. The Labute approximate surface area is 186 Å². The summed E-state index contributed by atoms with van der Waals surface area (Å²) in [6, 6.07) is 8.38. The van der Waals surface area contributed by atoms with Crippen LogP contribution in [0.5, 0.6) is 17.2 Å². The number of carbonyl (C=O) groups is 1. The molecule has 1 atom stereocenters. The first-order chi connectivity index (χ1) is 15.2. The first kappa shape index (κ1) is 23.8. The van der Waals surface area contributed by atoms with Crippen LogP contribution in [0.15, 0.2) is 36.4 Å². The highest BCUT2D eigenvalue weighted by Gasteiger charge is 2.37. The van der Waals surface area contributed by atoms with E-state index in [0.717, 1.165) is 30.5 Å². The molecule has 2 aromatic rings. The largest absolute Gasteiger partial charge is 0.493 e. The summed E-state index contributed by atoms with van der Waals surface area (Å²) in [7, 11) is 4.57. The zero-order valence-corrected chi connectivity index (χ0v) is 18.7. The fraction of sp³-hybridized carbons (Fsp3) is 0.458. The third kappa shape index (κ3) is 5.11. The van der Waals surface area contributed by atoms with Crippen molar-refractivity contribution < 1.29 is 32.2 Å². The molecule has 0 spiro atoms. The maximum Gasteiger partial charge on any atom is 0.416 e. The van der Waals surface area contributed by atoms with Crippen LogP contribution in [0.4, 0.5) is 13.2 Å². The van der Waals surface area contributed by atoms with Crippen molar-refractivity contribution in [3.8, 4) is 17.2 Å². The first-order valence-corrected chi connectivity index (χ1v) is 10.5. The number of benzene rings is 2. The summed E-state index contributed by atoms with van der Waals surface area (Å²) in [6.45, 7) is 1.78. The standard InChI is InChI=1S/C24H28F3NO4/c1-15(17-6-5-7-18(14-17)24(25,26)27)28(19-10-11-19)21(29)13-9-16-8-12-20(30-2)23(32-4)22(16)31-3/h5-8,12,14-15,19H,9-11,13H2,1-4H3. The lowest BCUT2D eigenvalue weighted by Crippen LogP contribution is -2.35. The van der Waals surface area contributed by atoms with Gasteiger partial charge in [0.05, 0.1) is 32.9 Å². The number of alkyl halides is 3. The van der Waals surface area contributed by atoms with Gasteiger partial charge in [-0.05, 0) is 55.5 Å². The van der Waals surface area contributed by atoms with Crippen LogP contribution in [0.25, 0.3) is 0 Å². The number of aryl methyl sites for hydroxylation is 1. The van der Waals surface area contributed by atoms with E-state index in [1.54, 1.807) is 24.0 Å². The first-order valence-electron chi connectivity index (χ1n) is 10.5. The lowest BCUT2D eigenvalue weighted by atomic mass is 10.0. The van der Waals surface area contributed by atoms with Gasteiger partial charge in [0.2, 0.25) is 11.7 Å². The van der Waals surface area contributed by atoms with Crippen molar-refractivity contribution in [3.63, 3.8) is 0 Å². The van der Waals surface area contributed by atoms with E-state index in [2.05, 4.69) is 0 Å². The number of ether oxygens (including phenoxy) is 3. The molecule has 8 heteroatoms. The molecule has 1 saturated carbocycles. The quantitative estimate of drug-likeness (QED) is 0.511. The summed E-state index contributed by atoms with van der Waals surface area (Å²) in [6.07, 6.45) is -2.11. The van der Waals surface area contributed by atoms with Crippen molar-refractivity contribution in [3.05, 3.63) is 53.1 Å². The van der Waals surface area contributed by atoms with E-state index in [4.69, 9.17) is 14.2 Å². The SMILES string of the molecule is COc1ccc(CCC(=O)N(C2CC2)C(C)c2cccc(C(F)(F)F)c2)c(OC)c1OC. The zero-order valence-electron chi connectivity index (χ0n) is 18.7. The van der Waals surface area contributed by atoms with Gasteiger partial charge in [-0.3, -0.25) is 4.79 Å². The molecule has 0 N–H and O–H groups in total. The van der Waals surface area contributed by atoms with Crippen molar-refractivity contribution in [2.45, 2.75) is 50.9 Å². The molecule has 1 amide bonds. The third-order valence-corrected chi connectivity index (χ3v) is 5.74. The highest BCUT2D eigenvalue weighted by atomic mass is 19.4. The fourth-order valence-corrected chi connectivity index (χ4v) is 3.95. The topological polar surface area (TPSA) is 48.0 Å². The monoisotopic (exact) mass is 451 g/mol. The van der Waals surface area contributed by atoms with E-state index in [1.807, 2.05) is 6.07 Å². The molecule has 0 aromatic heterocycles. The molecule has 1 aliphatic carbocycles. The molecule has 0 radical (unpaired) electrons. The molecule has 0 bridgehead atoms. The molecule has 0 aliphatic heterocycles. The summed E-state index contributed by atoms with van der Waals surface area (Å²) < 4.78 is 55.6. The van der Waals surface area contributed by atoms with Crippen molar-refractivity contribution >= 4 is 5.91 Å². The average Bonchev–Trinajstić information content (AvgIpc) is 3.61. The van der Waals surface area contributed by atoms with Gasteiger partial charge in [-0.15, -0.1) is 0 Å². The van der Waals surface area contributed by atoms with Gasteiger partial charge in [0.25, 0.3) is 0 Å². The van der Waals surface area contributed by atoms with Crippen LogP contribution in [0.3, 0.4) is 0 Å². The highest BCUT2D eigenvalue weighted by molar-refractivity contribution is 5.78. The molecule has 1 aliphatic rings. The van der Waals surface area contributed by atoms with E-state index in [-0.39, 0.29) is 18.4 Å². The molecule has 0 saturated heterocycles. The van der Waals surface area contributed by atoms with Crippen LogP contribution in [0, 0.1) is 0 Å². The Bertz CT molecular complexity index is 957. The number of methoxy groups -OCH3 is 3. The van der Waals surface area contributed by atoms with Gasteiger partial charge in [-0.1, -0.05) is 18.2 Å². The second-order valence-electron chi connectivity index (χ2n) is 7.82. The van der Waals surface area contributed by atoms with Gasteiger partial charge in [0.15, 0.2) is 11.5 Å². The molecule has 5 nitrogen and oxygen atoms in total. The molecule has 2 aromatic carbocycles. The Balaban J connectivity index is 1.79. The summed E-state index contributed by atoms with van der Waals surface area (Å²) in [5.41, 5.74) is 0.560. The van der Waals surface area contributed by atoms with Crippen LogP contribution >= 0.6 is 0 Å². The van der Waals surface area contributed by atoms with Crippen molar-refractivity contribution in [2.24, 2.45) is 0 Å². The van der Waals surface area contributed by atoms with Gasteiger partial charge >= 0.3 is 6.18 Å². The molecule has 174 valence electrons. The molecule has 0 heterocycles. The van der Waals surface area contributed by atoms with Crippen LogP contribution in [0.1, 0.15) is 48.9 Å². The van der Waals surface area contributed by atoms with Crippen molar-refractivity contribution in [1.29, 1.82) is 0 Å². The number of rotatable bonds is 9. The number of halogens is 3. The van der Waals surface area contributed by atoms with E-state index in [9.17, 15) is 18.0 Å². The van der Waals surface area contributed by atoms with E-state index < -0.39 is 17.8 Å². The summed E-state index contributed by atoms with van der Waals surface area (Å²) in [5, 5.41) is 0. The van der Waals surface area contributed by atoms with Gasteiger partial charge in [0.1, 0.15) is 0 Å². The molecule has 1 fully saturated rings. The second kappa shape index (κ2) is 9.71. The predicted octanol–water partition coefficient (Wildman–Crippen LogP) is 5.42. The summed E-state index contributed by atoms with van der Waals surface area (Å²) >= 11 is 0. The van der Waals surface area contributed by atoms with Crippen molar-refractivity contribution in [2.75, 3.05) is 21.3 Å². The van der Waals surface area contributed by atoms with E-state index in [1.165, 1.54) is 27.4 Å². The second-order valence-corrected chi connectivity index (χ2v) is 7.82. The number of hydrogen-bond donors (Lipinski definition) is 0. The number of amides is 1. The number of carbonyl (C=O) groups excluding carboxylic acids is 1. The molecular weight excluding hydrogens is 423 g/mol. The minimum atomic E-state index is -4.42. The van der Waals surface area contributed by atoms with Crippen molar-refractivity contribution in [1.82, 2.24) is 4.90 Å². The normalized spacial score (nSPS) is 14.6. The minimum Gasteiger partial charge on any atom is -0.493 e. The maximum atomic E-state index is 13.2. The van der Waals surface area contributed by atoms with E-state index >= 15 is 0 Å². The zero-order chi connectivity index (χ0) is 23.5. The van der Waals surface area contributed by atoms with Gasteiger partial charge in [-0.25, -0.2) is 0 Å². The number of nitrogens with zero attached hydrogens (tertiary/aromatic N) is 1. The minimum absolute atomic E-state index is 0.0549. The van der Waals surface area contributed by atoms with Crippen LogP contribution in [0.2, 0.25) is 0 Å². The average molecular weight is 451 g/mol. The van der Waals surface area contributed by atoms with Crippen LogP contribution in [-0.4, -0.2) is 38.2 Å². The summed E-state index contributed by atoms with van der Waals surface area (Å²) in [5.74, 6) is 1.38. The Morgan fingerprint density at radius 3 is 2.31 bits per heavy atom. The maximum absolute atomic E-state index is 13.2. The van der Waals surface area contributed by atoms with Crippen LogP contribution < -0.4 is 14.2 Å². The molecule has 1 unspecified atom stereocenters. The molecule has 32 heavy (non-hydrogen) atoms. The fourth-order valence-electron chi connectivity index (χ4n) is 3.95. The summed E-state index contributed by atoms with van der Waals surface area (Å²) in [4.78, 5) is 14.9. The van der Waals surface area contributed by atoms with Crippen LogP contribution in [-0.2, 0) is 17.4 Å². The van der Waals surface area contributed by atoms with E-state index in [0.29, 0.717) is 29.2 Å².